The number of hydrogen-bond donors (Lipinski definition) is 2. The SMILES string of the molecule is COc1ccc(C(=O)N[C@@H](C)C(=O)Nc2ccccc2C)c(OC)c1. The van der Waals surface area contributed by atoms with E-state index in [9.17, 15) is 9.59 Å². The monoisotopic (exact) mass is 342 g/mol. The Hall–Kier alpha value is -3.02. The van der Waals surface area contributed by atoms with Crippen molar-refractivity contribution in [2.45, 2.75) is 19.9 Å². The molecule has 0 bridgehead atoms. The Morgan fingerprint density at radius 2 is 1.76 bits per heavy atom. The fourth-order valence-electron chi connectivity index (χ4n) is 2.28. The average Bonchev–Trinajstić information content (AvgIpc) is 2.62. The molecule has 132 valence electrons. The number of methoxy groups -OCH3 is 2. The first-order valence-corrected chi connectivity index (χ1v) is 7.85. The van der Waals surface area contributed by atoms with Gasteiger partial charge in [0.1, 0.15) is 17.5 Å². The van der Waals surface area contributed by atoms with E-state index in [-0.39, 0.29) is 5.91 Å². The van der Waals surface area contributed by atoms with Gasteiger partial charge in [-0.25, -0.2) is 0 Å². The molecule has 2 rings (SSSR count). The summed E-state index contributed by atoms with van der Waals surface area (Å²) < 4.78 is 10.3. The van der Waals surface area contributed by atoms with Crippen molar-refractivity contribution < 1.29 is 19.1 Å². The molecule has 0 saturated heterocycles. The van der Waals surface area contributed by atoms with Gasteiger partial charge in [0.15, 0.2) is 0 Å². The van der Waals surface area contributed by atoms with E-state index < -0.39 is 11.9 Å². The van der Waals surface area contributed by atoms with Crippen LogP contribution in [-0.4, -0.2) is 32.1 Å². The van der Waals surface area contributed by atoms with Gasteiger partial charge in [0, 0.05) is 11.8 Å². The largest absolute Gasteiger partial charge is 0.497 e. The van der Waals surface area contributed by atoms with Crippen molar-refractivity contribution in [1.82, 2.24) is 5.32 Å². The second-order valence-electron chi connectivity index (χ2n) is 5.57. The summed E-state index contributed by atoms with van der Waals surface area (Å²) in [5.41, 5.74) is 2.00. The molecule has 0 fully saturated rings. The van der Waals surface area contributed by atoms with Crippen LogP contribution in [0.2, 0.25) is 0 Å². The summed E-state index contributed by atoms with van der Waals surface area (Å²) >= 11 is 0. The minimum atomic E-state index is -0.709. The molecule has 25 heavy (non-hydrogen) atoms. The van der Waals surface area contributed by atoms with Crippen LogP contribution >= 0.6 is 0 Å². The van der Waals surface area contributed by atoms with Crippen molar-refractivity contribution in [3.8, 4) is 11.5 Å². The molecule has 1 atom stereocenters. The van der Waals surface area contributed by atoms with Gasteiger partial charge in [0.05, 0.1) is 19.8 Å². The fourth-order valence-corrected chi connectivity index (χ4v) is 2.28. The van der Waals surface area contributed by atoms with Gasteiger partial charge in [0.2, 0.25) is 5.91 Å². The van der Waals surface area contributed by atoms with Crippen LogP contribution in [-0.2, 0) is 4.79 Å². The molecule has 2 aromatic carbocycles. The highest BCUT2D eigenvalue weighted by Gasteiger charge is 2.20. The Morgan fingerprint density at radius 1 is 1.04 bits per heavy atom. The number of amides is 2. The number of carbonyl (C=O) groups excluding carboxylic acids is 2. The molecule has 0 spiro atoms. The first-order chi connectivity index (χ1) is 12.0. The average molecular weight is 342 g/mol. The minimum absolute atomic E-state index is 0.296. The second-order valence-corrected chi connectivity index (χ2v) is 5.57. The first-order valence-electron chi connectivity index (χ1n) is 7.85. The van der Waals surface area contributed by atoms with E-state index in [2.05, 4.69) is 10.6 Å². The lowest BCUT2D eigenvalue weighted by atomic mass is 10.1. The molecule has 6 nitrogen and oxygen atoms in total. The summed E-state index contributed by atoms with van der Waals surface area (Å²) in [7, 11) is 3.01. The Kier molecular flexibility index (Phi) is 6.00. The molecule has 0 aliphatic rings. The maximum atomic E-state index is 12.4. The smallest absolute Gasteiger partial charge is 0.255 e. The molecular weight excluding hydrogens is 320 g/mol. The molecule has 2 N–H and O–H groups in total. The fraction of sp³-hybridized carbons (Fsp3) is 0.263. The van der Waals surface area contributed by atoms with Crippen LogP contribution in [0.3, 0.4) is 0 Å². The lowest BCUT2D eigenvalue weighted by Crippen LogP contribution is -2.41. The second kappa shape index (κ2) is 8.19. The molecule has 0 radical (unpaired) electrons. The van der Waals surface area contributed by atoms with Gasteiger partial charge in [0.25, 0.3) is 5.91 Å². The molecule has 0 aliphatic heterocycles. The van der Waals surface area contributed by atoms with Crippen LogP contribution < -0.4 is 20.1 Å². The van der Waals surface area contributed by atoms with Crippen LogP contribution in [0.4, 0.5) is 5.69 Å². The highest BCUT2D eigenvalue weighted by atomic mass is 16.5. The number of aryl methyl sites for hydroxylation is 1. The quantitative estimate of drug-likeness (QED) is 0.846. The highest BCUT2D eigenvalue weighted by Crippen LogP contribution is 2.24. The Labute approximate surface area is 147 Å². The van der Waals surface area contributed by atoms with E-state index in [1.165, 1.54) is 14.2 Å². The molecule has 0 aliphatic carbocycles. The van der Waals surface area contributed by atoms with Crippen LogP contribution in [0.1, 0.15) is 22.8 Å². The zero-order valence-electron chi connectivity index (χ0n) is 14.8. The standard InChI is InChI=1S/C19H22N2O4/c1-12-7-5-6-8-16(12)21-18(22)13(2)20-19(23)15-10-9-14(24-3)11-17(15)25-4/h5-11,13H,1-4H3,(H,20,23)(H,21,22)/t13-/m0/s1. The predicted molar refractivity (Wildman–Crippen MR) is 96.3 cm³/mol. The summed E-state index contributed by atoms with van der Waals surface area (Å²) in [6.07, 6.45) is 0. The van der Waals surface area contributed by atoms with Gasteiger partial charge >= 0.3 is 0 Å². The number of nitrogens with one attached hydrogen (secondary N) is 2. The van der Waals surface area contributed by atoms with Gasteiger partial charge in [-0.2, -0.15) is 0 Å². The van der Waals surface area contributed by atoms with Crippen LogP contribution in [0.15, 0.2) is 42.5 Å². The van der Waals surface area contributed by atoms with Crippen molar-refractivity contribution in [2.75, 3.05) is 19.5 Å². The predicted octanol–water partition coefficient (Wildman–Crippen LogP) is 2.77. The normalized spacial score (nSPS) is 11.4. The summed E-state index contributed by atoms with van der Waals surface area (Å²) in [5.74, 6) is 0.268. The molecule has 0 unspecified atom stereocenters. The zero-order valence-corrected chi connectivity index (χ0v) is 14.8. The van der Waals surface area contributed by atoms with Crippen LogP contribution in [0, 0.1) is 6.92 Å². The van der Waals surface area contributed by atoms with Crippen molar-refractivity contribution in [3.05, 3.63) is 53.6 Å². The van der Waals surface area contributed by atoms with Crippen molar-refractivity contribution >= 4 is 17.5 Å². The molecule has 2 aromatic rings. The van der Waals surface area contributed by atoms with E-state index in [4.69, 9.17) is 9.47 Å². The highest BCUT2D eigenvalue weighted by molar-refractivity contribution is 6.02. The number of ether oxygens (including phenoxy) is 2. The molecule has 6 heteroatoms. The summed E-state index contributed by atoms with van der Waals surface area (Å²) in [4.78, 5) is 24.8. The number of anilines is 1. The third-order valence-electron chi connectivity index (χ3n) is 3.80. The molecule has 0 saturated carbocycles. The molecule has 0 aromatic heterocycles. The zero-order chi connectivity index (χ0) is 18.4. The maximum Gasteiger partial charge on any atom is 0.255 e. The lowest BCUT2D eigenvalue weighted by molar-refractivity contribution is -0.117. The maximum absolute atomic E-state index is 12.4. The number of hydrogen-bond acceptors (Lipinski definition) is 4. The summed E-state index contributed by atoms with van der Waals surface area (Å²) in [6.45, 7) is 3.53. The Bertz CT molecular complexity index is 774. The van der Waals surface area contributed by atoms with E-state index in [0.29, 0.717) is 17.1 Å². The van der Waals surface area contributed by atoms with Crippen molar-refractivity contribution in [2.24, 2.45) is 0 Å². The van der Waals surface area contributed by atoms with Crippen molar-refractivity contribution in [1.29, 1.82) is 0 Å². The first kappa shape index (κ1) is 18.3. The van der Waals surface area contributed by atoms with Crippen LogP contribution in [0.5, 0.6) is 11.5 Å². The van der Waals surface area contributed by atoms with Gasteiger partial charge < -0.3 is 20.1 Å². The van der Waals surface area contributed by atoms with Gasteiger partial charge in [-0.1, -0.05) is 18.2 Å². The Balaban J connectivity index is 2.07. The van der Waals surface area contributed by atoms with Crippen LogP contribution in [0.25, 0.3) is 0 Å². The third kappa shape index (κ3) is 4.50. The van der Waals surface area contributed by atoms with E-state index >= 15 is 0 Å². The lowest BCUT2D eigenvalue weighted by Gasteiger charge is -2.16. The van der Waals surface area contributed by atoms with Gasteiger partial charge in [-0.05, 0) is 37.6 Å². The molecular formula is C19H22N2O4. The van der Waals surface area contributed by atoms with Crippen molar-refractivity contribution in [3.63, 3.8) is 0 Å². The summed E-state index contributed by atoms with van der Waals surface area (Å²) in [5, 5.41) is 5.48. The topological polar surface area (TPSA) is 76.7 Å². The number of para-hydroxylation sites is 1. The number of benzene rings is 2. The number of rotatable bonds is 6. The Morgan fingerprint density at radius 3 is 2.40 bits per heavy atom. The van der Waals surface area contributed by atoms with E-state index in [1.54, 1.807) is 25.1 Å². The third-order valence-corrected chi connectivity index (χ3v) is 3.80. The molecule has 0 heterocycles. The molecule has 2 amide bonds. The number of carbonyl (C=O) groups is 2. The minimum Gasteiger partial charge on any atom is -0.497 e. The van der Waals surface area contributed by atoms with E-state index in [0.717, 1.165) is 11.3 Å². The summed E-state index contributed by atoms with van der Waals surface area (Å²) in [6, 6.07) is 11.6. The van der Waals surface area contributed by atoms with E-state index in [1.807, 2.05) is 31.2 Å². The van der Waals surface area contributed by atoms with Gasteiger partial charge in [-0.3, -0.25) is 9.59 Å². The van der Waals surface area contributed by atoms with Gasteiger partial charge in [-0.15, -0.1) is 0 Å².